The predicted octanol–water partition coefficient (Wildman–Crippen LogP) is 5.12. The summed E-state index contributed by atoms with van der Waals surface area (Å²) in [5.41, 5.74) is 4.25. The van der Waals surface area contributed by atoms with Gasteiger partial charge in [0.1, 0.15) is 5.82 Å². The molecule has 0 radical (unpaired) electrons. The highest BCUT2D eigenvalue weighted by Gasteiger charge is 2.15. The number of anilines is 1. The van der Waals surface area contributed by atoms with Crippen molar-refractivity contribution in [2.45, 2.75) is 26.2 Å². The van der Waals surface area contributed by atoms with Crippen molar-refractivity contribution < 1.29 is 4.39 Å². The molecule has 23 heavy (non-hydrogen) atoms. The number of halogens is 2. The highest BCUT2D eigenvalue weighted by atomic mass is 35.5. The summed E-state index contributed by atoms with van der Waals surface area (Å²) in [6.45, 7) is 4.02. The summed E-state index contributed by atoms with van der Waals surface area (Å²) >= 11 is 5.80. The van der Waals surface area contributed by atoms with Crippen LogP contribution in [0.25, 0.3) is 6.08 Å². The van der Waals surface area contributed by atoms with E-state index in [0.29, 0.717) is 10.6 Å². The summed E-state index contributed by atoms with van der Waals surface area (Å²) in [4.78, 5) is 6.72. The molecule has 0 bridgehead atoms. The van der Waals surface area contributed by atoms with E-state index in [1.54, 1.807) is 12.1 Å². The molecule has 0 atom stereocenters. The monoisotopic (exact) mass is 330 g/mol. The average Bonchev–Trinajstić information content (AvgIpc) is 2.58. The van der Waals surface area contributed by atoms with Gasteiger partial charge >= 0.3 is 0 Å². The van der Waals surface area contributed by atoms with Crippen molar-refractivity contribution in [3.8, 4) is 0 Å². The summed E-state index contributed by atoms with van der Waals surface area (Å²) in [5, 5.41) is 0.434. The van der Waals surface area contributed by atoms with Crippen molar-refractivity contribution in [1.29, 1.82) is 0 Å². The summed E-state index contributed by atoms with van der Waals surface area (Å²) in [6.07, 6.45) is 6.69. The minimum absolute atomic E-state index is 0.255. The second kappa shape index (κ2) is 7.14. The number of benzene rings is 1. The van der Waals surface area contributed by atoms with Gasteiger partial charge in [-0.2, -0.15) is 0 Å². The van der Waals surface area contributed by atoms with Crippen molar-refractivity contribution >= 4 is 23.4 Å². The molecule has 1 fully saturated rings. The van der Waals surface area contributed by atoms with Gasteiger partial charge in [0.15, 0.2) is 0 Å². The molecule has 2 heterocycles. The predicted molar refractivity (Wildman–Crippen MR) is 94.4 cm³/mol. The van der Waals surface area contributed by atoms with E-state index in [2.05, 4.69) is 28.9 Å². The average molecular weight is 331 g/mol. The first-order valence-electron chi connectivity index (χ1n) is 8.00. The zero-order valence-corrected chi connectivity index (χ0v) is 14.0. The summed E-state index contributed by atoms with van der Waals surface area (Å²) in [7, 11) is 0. The summed E-state index contributed by atoms with van der Waals surface area (Å²) in [6, 6.07) is 9.06. The van der Waals surface area contributed by atoms with E-state index in [9.17, 15) is 4.39 Å². The second-order valence-corrected chi connectivity index (χ2v) is 6.25. The van der Waals surface area contributed by atoms with Crippen LogP contribution in [0.5, 0.6) is 0 Å². The van der Waals surface area contributed by atoms with Crippen LogP contribution in [0.4, 0.5) is 10.1 Å². The Hall–Kier alpha value is -1.87. The maximum Gasteiger partial charge on any atom is 0.131 e. The Labute approximate surface area is 141 Å². The first-order valence-corrected chi connectivity index (χ1v) is 8.38. The van der Waals surface area contributed by atoms with Gasteiger partial charge in [-0.15, -0.1) is 0 Å². The molecule has 3 rings (SSSR count). The molecule has 1 aliphatic heterocycles. The van der Waals surface area contributed by atoms with Gasteiger partial charge in [0.2, 0.25) is 0 Å². The van der Waals surface area contributed by atoms with Crippen molar-refractivity contribution in [2.24, 2.45) is 0 Å². The zero-order valence-electron chi connectivity index (χ0n) is 13.2. The Balaban J connectivity index is 1.69. The van der Waals surface area contributed by atoms with Gasteiger partial charge in [0.05, 0.1) is 0 Å². The van der Waals surface area contributed by atoms with Crippen LogP contribution in [0, 0.1) is 5.82 Å². The molecule has 1 aromatic heterocycles. The van der Waals surface area contributed by atoms with Crippen molar-refractivity contribution in [1.82, 2.24) is 4.98 Å². The molecule has 1 saturated heterocycles. The summed E-state index contributed by atoms with van der Waals surface area (Å²) in [5.74, 6) is -0.255. The van der Waals surface area contributed by atoms with Gasteiger partial charge in [0.25, 0.3) is 0 Å². The molecule has 1 aliphatic rings. The number of nitrogens with zero attached hydrogens (tertiary/aromatic N) is 2. The van der Waals surface area contributed by atoms with E-state index in [1.807, 2.05) is 12.3 Å². The van der Waals surface area contributed by atoms with E-state index < -0.39 is 0 Å². The smallest absolute Gasteiger partial charge is 0.131 e. The SMILES string of the molecule is CCc1cc(N2CCC(=Cc3ccc(Cl)cc3F)CC2)ccn1. The van der Waals surface area contributed by atoms with Gasteiger partial charge < -0.3 is 4.90 Å². The van der Waals surface area contributed by atoms with E-state index in [-0.39, 0.29) is 5.82 Å². The number of hydrogen-bond donors (Lipinski definition) is 0. The molecule has 0 N–H and O–H groups in total. The Morgan fingerprint density at radius 3 is 2.70 bits per heavy atom. The molecular formula is C19H20ClFN2. The highest BCUT2D eigenvalue weighted by Crippen LogP contribution is 2.26. The van der Waals surface area contributed by atoms with Crippen LogP contribution in [0.3, 0.4) is 0 Å². The van der Waals surface area contributed by atoms with Crippen LogP contribution in [0.15, 0.2) is 42.1 Å². The van der Waals surface area contributed by atoms with Crippen LogP contribution in [-0.2, 0) is 6.42 Å². The number of piperidine rings is 1. The fourth-order valence-electron chi connectivity index (χ4n) is 2.89. The van der Waals surface area contributed by atoms with Crippen LogP contribution < -0.4 is 4.90 Å². The lowest BCUT2D eigenvalue weighted by atomic mass is 10.00. The molecule has 2 aromatic rings. The molecule has 1 aromatic carbocycles. The Morgan fingerprint density at radius 2 is 2.00 bits per heavy atom. The Bertz CT molecular complexity index is 717. The lowest BCUT2D eigenvalue weighted by molar-refractivity contribution is 0.624. The molecule has 0 aliphatic carbocycles. The van der Waals surface area contributed by atoms with Gasteiger partial charge in [-0.1, -0.05) is 36.2 Å². The van der Waals surface area contributed by atoms with Crippen molar-refractivity contribution in [2.75, 3.05) is 18.0 Å². The first-order chi connectivity index (χ1) is 11.2. The number of pyridine rings is 1. The highest BCUT2D eigenvalue weighted by molar-refractivity contribution is 6.30. The zero-order chi connectivity index (χ0) is 16.2. The quantitative estimate of drug-likeness (QED) is 0.776. The molecule has 120 valence electrons. The van der Waals surface area contributed by atoms with E-state index in [4.69, 9.17) is 11.6 Å². The van der Waals surface area contributed by atoms with Gasteiger partial charge in [-0.25, -0.2) is 4.39 Å². The molecule has 0 spiro atoms. The molecule has 2 nitrogen and oxygen atoms in total. The number of hydrogen-bond acceptors (Lipinski definition) is 2. The maximum atomic E-state index is 13.9. The third kappa shape index (κ3) is 3.91. The fraction of sp³-hybridized carbons (Fsp3) is 0.316. The fourth-order valence-corrected chi connectivity index (χ4v) is 3.05. The largest absolute Gasteiger partial charge is 0.371 e. The Morgan fingerprint density at radius 1 is 1.22 bits per heavy atom. The van der Waals surface area contributed by atoms with Crippen molar-refractivity contribution in [3.05, 3.63) is 64.2 Å². The molecule has 4 heteroatoms. The third-order valence-corrected chi connectivity index (χ3v) is 4.49. The van der Waals surface area contributed by atoms with E-state index in [1.165, 1.54) is 17.3 Å². The standard InChI is InChI=1S/C19H20ClFN2/c1-2-17-13-18(5-8-22-17)23-9-6-14(7-10-23)11-15-3-4-16(20)12-19(15)21/h3-5,8,11-13H,2,6-7,9-10H2,1H3. The number of aromatic nitrogens is 1. The third-order valence-electron chi connectivity index (χ3n) is 4.26. The second-order valence-electron chi connectivity index (χ2n) is 5.81. The summed E-state index contributed by atoms with van der Waals surface area (Å²) < 4.78 is 13.9. The van der Waals surface area contributed by atoms with E-state index >= 15 is 0 Å². The van der Waals surface area contributed by atoms with Crippen LogP contribution in [0.1, 0.15) is 31.0 Å². The minimum Gasteiger partial charge on any atom is -0.371 e. The number of aryl methyl sites for hydroxylation is 1. The lowest BCUT2D eigenvalue weighted by Gasteiger charge is -2.30. The van der Waals surface area contributed by atoms with Gasteiger partial charge in [-0.3, -0.25) is 4.98 Å². The van der Waals surface area contributed by atoms with E-state index in [0.717, 1.165) is 38.0 Å². The normalized spacial score (nSPS) is 14.9. The Kier molecular flexibility index (Phi) is 4.97. The van der Waals surface area contributed by atoms with Gasteiger partial charge in [0, 0.05) is 41.3 Å². The molecule has 0 unspecified atom stereocenters. The first kappa shape index (κ1) is 16.0. The minimum atomic E-state index is -0.255. The van der Waals surface area contributed by atoms with Crippen LogP contribution in [0.2, 0.25) is 5.02 Å². The van der Waals surface area contributed by atoms with Crippen molar-refractivity contribution in [3.63, 3.8) is 0 Å². The van der Waals surface area contributed by atoms with Gasteiger partial charge in [-0.05, 0) is 43.5 Å². The number of rotatable bonds is 3. The lowest BCUT2D eigenvalue weighted by Crippen LogP contribution is -2.30. The topological polar surface area (TPSA) is 16.1 Å². The van der Waals surface area contributed by atoms with Crippen LogP contribution >= 0.6 is 11.6 Å². The molecule has 0 amide bonds. The molecular weight excluding hydrogens is 311 g/mol. The van der Waals surface area contributed by atoms with Crippen LogP contribution in [-0.4, -0.2) is 18.1 Å². The maximum absolute atomic E-state index is 13.9. The molecule has 0 saturated carbocycles.